The van der Waals surface area contributed by atoms with Gasteiger partial charge in [0, 0.05) is 18.0 Å². The number of amides is 1. The van der Waals surface area contributed by atoms with E-state index in [1.54, 1.807) is 0 Å². The summed E-state index contributed by atoms with van der Waals surface area (Å²) in [5.41, 5.74) is 4.86. The Morgan fingerprint density at radius 3 is 2.87 bits per heavy atom. The molecule has 82 valence electrons. The molecule has 6 heteroatoms. The fraction of sp³-hybridized carbons (Fsp3) is 0.444. The first kappa shape index (κ1) is 11.2. The van der Waals surface area contributed by atoms with Gasteiger partial charge in [0.1, 0.15) is 0 Å². The molecule has 0 atom stereocenters. The minimum absolute atomic E-state index is 0.180. The van der Waals surface area contributed by atoms with Crippen LogP contribution in [0.4, 0.5) is 5.69 Å². The van der Waals surface area contributed by atoms with E-state index >= 15 is 0 Å². The maximum absolute atomic E-state index is 10.9. The fourth-order valence-electron chi connectivity index (χ4n) is 1.32. The van der Waals surface area contributed by atoms with Gasteiger partial charge in [0.15, 0.2) is 0 Å². The predicted octanol–water partition coefficient (Wildman–Crippen LogP) is -0.164. The SMILES string of the molecule is CC(C)(CC(N)=O)Nc1cn[nH]c(=O)c1. The van der Waals surface area contributed by atoms with Gasteiger partial charge in [-0.3, -0.25) is 9.59 Å². The average Bonchev–Trinajstić information content (AvgIpc) is 1.99. The summed E-state index contributed by atoms with van der Waals surface area (Å²) in [5, 5.41) is 8.90. The molecule has 0 radical (unpaired) electrons. The van der Waals surface area contributed by atoms with Crippen LogP contribution in [0.2, 0.25) is 0 Å². The quantitative estimate of drug-likeness (QED) is 0.642. The van der Waals surface area contributed by atoms with E-state index in [0.717, 1.165) is 0 Å². The molecule has 1 rings (SSSR count). The number of anilines is 1. The number of aromatic amines is 1. The number of rotatable bonds is 4. The Morgan fingerprint density at radius 1 is 1.67 bits per heavy atom. The van der Waals surface area contributed by atoms with E-state index in [-0.39, 0.29) is 12.0 Å². The number of carbonyl (C=O) groups is 1. The Hall–Kier alpha value is -1.85. The van der Waals surface area contributed by atoms with Gasteiger partial charge in [-0.25, -0.2) is 5.10 Å². The van der Waals surface area contributed by atoms with Gasteiger partial charge in [-0.2, -0.15) is 5.10 Å². The third-order valence-corrected chi connectivity index (χ3v) is 1.76. The molecule has 1 heterocycles. The van der Waals surface area contributed by atoms with E-state index in [2.05, 4.69) is 15.5 Å². The number of primary amides is 1. The number of hydrogen-bond donors (Lipinski definition) is 3. The van der Waals surface area contributed by atoms with Gasteiger partial charge in [-0.05, 0) is 13.8 Å². The van der Waals surface area contributed by atoms with E-state index in [0.29, 0.717) is 5.69 Å². The molecule has 0 aliphatic rings. The van der Waals surface area contributed by atoms with E-state index in [9.17, 15) is 9.59 Å². The van der Waals surface area contributed by atoms with Crippen LogP contribution in [-0.4, -0.2) is 21.6 Å². The second-order valence-electron chi connectivity index (χ2n) is 3.99. The monoisotopic (exact) mass is 210 g/mol. The van der Waals surface area contributed by atoms with Gasteiger partial charge >= 0.3 is 0 Å². The first-order valence-electron chi connectivity index (χ1n) is 4.50. The second kappa shape index (κ2) is 4.12. The lowest BCUT2D eigenvalue weighted by Crippen LogP contribution is -2.36. The van der Waals surface area contributed by atoms with Gasteiger partial charge in [0.05, 0.1) is 11.9 Å². The molecule has 0 fully saturated rings. The third kappa shape index (κ3) is 3.80. The molecule has 0 spiro atoms. The highest BCUT2D eigenvalue weighted by atomic mass is 16.1. The minimum Gasteiger partial charge on any atom is -0.378 e. The summed E-state index contributed by atoms with van der Waals surface area (Å²) in [4.78, 5) is 21.7. The van der Waals surface area contributed by atoms with Gasteiger partial charge in [0.25, 0.3) is 5.56 Å². The lowest BCUT2D eigenvalue weighted by molar-refractivity contribution is -0.118. The lowest BCUT2D eigenvalue weighted by atomic mass is 10.00. The summed E-state index contributed by atoms with van der Waals surface area (Å²) in [6, 6.07) is 1.37. The Kier molecular flexibility index (Phi) is 3.08. The normalized spacial score (nSPS) is 11.1. The van der Waals surface area contributed by atoms with Crippen molar-refractivity contribution in [3.05, 3.63) is 22.6 Å². The smallest absolute Gasteiger partial charge is 0.266 e. The van der Waals surface area contributed by atoms with Crippen molar-refractivity contribution in [3.8, 4) is 0 Å². The molecule has 0 saturated heterocycles. The number of aromatic nitrogens is 2. The number of carbonyl (C=O) groups excluding carboxylic acids is 1. The van der Waals surface area contributed by atoms with Crippen LogP contribution in [-0.2, 0) is 4.79 Å². The van der Waals surface area contributed by atoms with Crippen molar-refractivity contribution in [2.45, 2.75) is 25.8 Å². The highest BCUT2D eigenvalue weighted by molar-refractivity contribution is 5.75. The predicted molar refractivity (Wildman–Crippen MR) is 56.4 cm³/mol. The molecular formula is C9H14N4O2. The van der Waals surface area contributed by atoms with Gasteiger partial charge in [-0.1, -0.05) is 0 Å². The Morgan fingerprint density at radius 2 is 2.33 bits per heavy atom. The molecule has 0 aliphatic heterocycles. The number of nitrogens with one attached hydrogen (secondary N) is 2. The third-order valence-electron chi connectivity index (χ3n) is 1.76. The topological polar surface area (TPSA) is 101 Å². The van der Waals surface area contributed by atoms with Crippen LogP contribution >= 0.6 is 0 Å². The summed E-state index contributed by atoms with van der Waals surface area (Å²) < 4.78 is 0. The minimum atomic E-state index is -0.499. The van der Waals surface area contributed by atoms with Crippen molar-refractivity contribution in [3.63, 3.8) is 0 Å². The van der Waals surface area contributed by atoms with Crippen LogP contribution < -0.4 is 16.6 Å². The summed E-state index contributed by atoms with van der Waals surface area (Å²) in [5.74, 6) is -0.398. The lowest BCUT2D eigenvalue weighted by Gasteiger charge is -2.25. The van der Waals surface area contributed by atoms with E-state index in [1.165, 1.54) is 12.3 Å². The standard InChI is InChI=1S/C9H14N4O2/c1-9(2,4-7(10)14)12-6-3-8(15)13-11-5-6/h3,5H,4H2,1-2H3,(H2,10,14)(H2,12,13,15). The second-order valence-corrected chi connectivity index (χ2v) is 3.99. The van der Waals surface area contributed by atoms with Crippen LogP contribution in [0.3, 0.4) is 0 Å². The molecular weight excluding hydrogens is 196 g/mol. The number of nitrogens with zero attached hydrogens (tertiary/aromatic N) is 1. The van der Waals surface area contributed by atoms with Crippen LogP contribution in [0.1, 0.15) is 20.3 Å². The van der Waals surface area contributed by atoms with E-state index in [1.807, 2.05) is 13.8 Å². The molecule has 1 aromatic rings. The van der Waals surface area contributed by atoms with Crippen molar-refractivity contribution >= 4 is 11.6 Å². The molecule has 6 nitrogen and oxygen atoms in total. The highest BCUT2D eigenvalue weighted by Crippen LogP contribution is 2.15. The fourth-order valence-corrected chi connectivity index (χ4v) is 1.32. The first-order valence-corrected chi connectivity index (χ1v) is 4.50. The Balaban J connectivity index is 2.76. The van der Waals surface area contributed by atoms with Crippen molar-refractivity contribution in [2.24, 2.45) is 5.73 Å². The van der Waals surface area contributed by atoms with Crippen LogP contribution in [0.5, 0.6) is 0 Å². The van der Waals surface area contributed by atoms with Crippen LogP contribution in [0.15, 0.2) is 17.1 Å². The van der Waals surface area contributed by atoms with Crippen molar-refractivity contribution in [2.75, 3.05) is 5.32 Å². The van der Waals surface area contributed by atoms with Crippen LogP contribution in [0.25, 0.3) is 0 Å². The molecule has 0 aromatic carbocycles. The zero-order chi connectivity index (χ0) is 11.5. The average molecular weight is 210 g/mol. The molecule has 0 aliphatic carbocycles. The van der Waals surface area contributed by atoms with Crippen LogP contribution in [0, 0.1) is 0 Å². The van der Waals surface area contributed by atoms with Crippen molar-refractivity contribution in [1.29, 1.82) is 0 Å². The number of nitrogens with two attached hydrogens (primary N) is 1. The first-order chi connectivity index (χ1) is 6.89. The van der Waals surface area contributed by atoms with Gasteiger partial charge in [0.2, 0.25) is 5.91 Å². The van der Waals surface area contributed by atoms with Gasteiger partial charge in [-0.15, -0.1) is 0 Å². The Bertz CT molecular complexity index is 411. The molecule has 1 aromatic heterocycles. The molecule has 0 saturated carbocycles. The van der Waals surface area contributed by atoms with Gasteiger partial charge < -0.3 is 11.1 Å². The maximum atomic E-state index is 10.9. The van der Waals surface area contributed by atoms with Crippen molar-refractivity contribution < 1.29 is 4.79 Å². The van der Waals surface area contributed by atoms with E-state index in [4.69, 9.17) is 5.73 Å². The maximum Gasteiger partial charge on any atom is 0.266 e. The summed E-state index contributed by atoms with van der Waals surface area (Å²) in [7, 11) is 0. The summed E-state index contributed by atoms with van der Waals surface area (Å²) in [6.07, 6.45) is 1.66. The highest BCUT2D eigenvalue weighted by Gasteiger charge is 2.20. The zero-order valence-electron chi connectivity index (χ0n) is 8.70. The molecule has 15 heavy (non-hydrogen) atoms. The van der Waals surface area contributed by atoms with Crippen molar-refractivity contribution in [1.82, 2.24) is 10.2 Å². The molecule has 4 N–H and O–H groups in total. The Labute approximate surface area is 86.9 Å². The zero-order valence-corrected chi connectivity index (χ0v) is 8.70. The summed E-state index contributed by atoms with van der Waals surface area (Å²) >= 11 is 0. The van der Waals surface area contributed by atoms with E-state index < -0.39 is 11.4 Å². The largest absolute Gasteiger partial charge is 0.378 e. The number of hydrogen-bond acceptors (Lipinski definition) is 4. The molecule has 1 amide bonds. The number of H-pyrrole nitrogens is 1. The molecule has 0 bridgehead atoms. The summed E-state index contributed by atoms with van der Waals surface area (Å²) in [6.45, 7) is 3.64. The molecule has 0 unspecified atom stereocenters.